The van der Waals surface area contributed by atoms with Crippen molar-refractivity contribution < 1.29 is 4.74 Å². The maximum absolute atomic E-state index is 5.40. The van der Waals surface area contributed by atoms with Crippen LogP contribution in [-0.2, 0) is 10.2 Å². The molecule has 0 atom stereocenters. The van der Waals surface area contributed by atoms with Gasteiger partial charge in [-0.2, -0.15) is 10.1 Å². The fourth-order valence-electron chi connectivity index (χ4n) is 0.911. The number of hydrogen-bond acceptors (Lipinski definition) is 3. The Morgan fingerprint density at radius 1 is 1.53 bits per heavy atom. The molecule has 0 saturated carbocycles. The number of H-pyrrole nitrogens is 1. The summed E-state index contributed by atoms with van der Waals surface area (Å²) < 4.78 is 4.72. The van der Waals surface area contributed by atoms with Gasteiger partial charge < -0.3 is 10.5 Å². The molecule has 0 saturated heterocycles. The highest BCUT2D eigenvalue weighted by molar-refractivity contribution is 14.0. The van der Waals surface area contributed by atoms with Gasteiger partial charge in [0.05, 0.1) is 7.11 Å². The molecule has 0 bridgehead atoms. The zero-order chi connectivity index (χ0) is 10.8. The number of nitrogens with two attached hydrogens (primary N) is 1. The monoisotopic (exact) mass is 324 g/mol. The number of methoxy groups -OCH3 is 1. The van der Waals surface area contributed by atoms with Gasteiger partial charge in [-0.15, -0.1) is 24.0 Å². The van der Waals surface area contributed by atoms with E-state index in [4.69, 9.17) is 10.5 Å². The van der Waals surface area contributed by atoms with Gasteiger partial charge in [-0.1, -0.05) is 20.8 Å². The Bertz CT molecular complexity index is 340. The Balaban J connectivity index is 0.00000196. The highest BCUT2D eigenvalue weighted by Gasteiger charge is 2.16. The van der Waals surface area contributed by atoms with Gasteiger partial charge in [-0.05, 0) is 0 Å². The second-order valence-electron chi connectivity index (χ2n) is 4.04. The topological polar surface area (TPSA) is 76.3 Å². The van der Waals surface area contributed by atoms with Crippen LogP contribution < -0.4 is 5.73 Å². The third-order valence-corrected chi connectivity index (χ3v) is 1.81. The highest BCUT2D eigenvalue weighted by atomic mass is 127. The summed E-state index contributed by atoms with van der Waals surface area (Å²) in [5.74, 6) is 0.536. The largest absolute Gasteiger partial charge is 0.468 e. The molecule has 1 aromatic rings. The smallest absolute Gasteiger partial charge is 0.288 e. The number of halogens is 1. The zero-order valence-electron chi connectivity index (χ0n) is 9.37. The van der Waals surface area contributed by atoms with Crippen molar-refractivity contribution in [3.05, 3.63) is 11.8 Å². The summed E-state index contributed by atoms with van der Waals surface area (Å²) in [5.41, 5.74) is 6.44. The van der Waals surface area contributed by atoms with Crippen molar-refractivity contribution in [2.45, 2.75) is 26.2 Å². The molecule has 5 nitrogen and oxygen atoms in total. The second kappa shape index (κ2) is 5.34. The minimum atomic E-state index is 0. The quantitative estimate of drug-likeness (QED) is 0.471. The molecular weight excluding hydrogens is 307 g/mol. The number of ether oxygens (including phenoxy) is 1. The molecule has 15 heavy (non-hydrogen) atoms. The van der Waals surface area contributed by atoms with E-state index in [-0.39, 0.29) is 35.4 Å². The van der Waals surface area contributed by atoms with Crippen molar-refractivity contribution >= 4 is 35.8 Å². The molecule has 3 N–H and O–H groups in total. The molecule has 0 amide bonds. The van der Waals surface area contributed by atoms with Crippen LogP contribution in [0, 0.1) is 0 Å². The highest BCUT2D eigenvalue weighted by Crippen LogP contribution is 2.22. The normalized spacial score (nSPS) is 12.1. The standard InChI is InChI=1S/C9H16N4O.HI/c1-9(2,3)6-5-7(13-12-6)11-8(10)14-4;/h5H,1-4H3,(H3,10,11,12,13);1H. The molecule has 0 radical (unpaired) electrons. The maximum atomic E-state index is 5.40. The first kappa shape index (κ1) is 14.2. The number of nitrogens with one attached hydrogen (secondary N) is 1. The Labute approximate surface area is 107 Å². The summed E-state index contributed by atoms with van der Waals surface area (Å²) in [4.78, 5) is 3.94. The fraction of sp³-hybridized carbons (Fsp3) is 0.556. The SMILES string of the molecule is COC(N)=Nc1cc(C(C)(C)C)[nH]n1.I. The Morgan fingerprint density at radius 2 is 2.13 bits per heavy atom. The Morgan fingerprint density at radius 3 is 2.53 bits per heavy atom. The van der Waals surface area contributed by atoms with Crippen LogP contribution >= 0.6 is 24.0 Å². The molecule has 0 fully saturated rings. The number of aliphatic imine (C=N–C) groups is 1. The zero-order valence-corrected chi connectivity index (χ0v) is 11.7. The first-order valence-electron chi connectivity index (χ1n) is 4.37. The van der Waals surface area contributed by atoms with Crippen LogP contribution in [-0.4, -0.2) is 23.3 Å². The van der Waals surface area contributed by atoms with E-state index in [1.807, 2.05) is 6.07 Å². The molecule has 0 aliphatic heterocycles. The molecule has 0 unspecified atom stereocenters. The van der Waals surface area contributed by atoms with E-state index in [0.717, 1.165) is 5.69 Å². The van der Waals surface area contributed by atoms with Crippen molar-refractivity contribution in [1.82, 2.24) is 10.2 Å². The Kier molecular flexibility index (Phi) is 5.06. The third-order valence-electron chi connectivity index (χ3n) is 1.81. The van der Waals surface area contributed by atoms with Gasteiger partial charge in [0, 0.05) is 17.2 Å². The molecule has 1 heterocycles. The first-order valence-corrected chi connectivity index (χ1v) is 4.37. The number of rotatable bonds is 1. The van der Waals surface area contributed by atoms with Crippen LogP contribution in [0.1, 0.15) is 26.5 Å². The number of aromatic nitrogens is 2. The summed E-state index contributed by atoms with van der Waals surface area (Å²) in [6.45, 7) is 6.27. The van der Waals surface area contributed by atoms with Gasteiger partial charge in [-0.25, -0.2) is 0 Å². The third kappa shape index (κ3) is 4.06. The number of nitrogens with zero attached hydrogens (tertiary/aromatic N) is 2. The average Bonchev–Trinajstić information content (AvgIpc) is 2.51. The number of aromatic amines is 1. The summed E-state index contributed by atoms with van der Waals surface area (Å²) in [6.07, 6.45) is 0. The molecule has 0 aliphatic carbocycles. The lowest BCUT2D eigenvalue weighted by atomic mass is 9.92. The van der Waals surface area contributed by atoms with E-state index in [9.17, 15) is 0 Å². The van der Waals surface area contributed by atoms with Gasteiger partial charge in [-0.3, -0.25) is 5.10 Å². The lowest BCUT2D eigenvalue weighted by molar-refractivity contribution is 0.397. The van der Waals surface area contributed by atoms with E-state index in [2.05, 4.69) is 36.0 Å². The number of hydrogen-bond donors (Lipinski definition) is 2. The van der Waals surface area contributed by atoms with Crippen LogP contribution in [0.3, 0.4) is 0 Å². The van der Waals surface area contributed by atoms with Crippen molar-refractivity contribution in [3.63, 3.8) is 0 Å². The predicted octanol–water partition coefficient (Wildman–Crippen LogP) is 1.92. The molecule has 1 rings (SSSR count). The fourth-order valence-corrected chi connectivity index (χ4v) is 0.911. The van der Waals surface area contributed by atoms with Gasteiger partial charge in [0.15, 0.2) is 5.82 Å². The molecule has 86 valence electrons. The van der Waals surface area contributed by atoms with E-state index in [1.165, 1.54) is 7.11 Å². The molecule has 6 heteroatoms. The summed E-state index contributed by atoms with van der Waals surface area (Å²) in [7, 11) is 1.47. The Hall–Kier alpha value is -0.790. The van der Waals surface area contributed by atoms with Crippen LogP contribution in [0.2, 0.25) is 0 Å². The average molecular weight is 324 g/mol. The summed E-state index contributed by atoms with van der Waals surface area (Å²) in [6, 6.07) is 1.96. The minimum Gasteiger partial charge on any atom is -0.468 e. The number of amidine groups is 1. The first-order chi connectivity index (χ1) is 6.43. The van der Waals surface area contributed by atoms with Gasteiger partial charge in [0.2, 0.25) is 0 Å². The van der Waals surface area contributed by atoms with Crippen LogP contribution in [0.25, 0.3) is 0 Å². The lowest BCUT2D eigenvalue weighted by Crippen LogP contribution is -2.12. The van der Waals surface area contributed by atoms with Gasteiger partial charge in [0.1, 0.15) is 0 Å². The minimum absolute atomic E-state index is 0. The second-order valence-corrected chi connectivity index (χ2v) is 4.04. The van der Waals surface area contributed by atoms with E-state index >= 15 is 0 Å². The molecule has 0 aromatic carbocycles. The van der Waals surface area contributed by atoms with E-state index in [0.29, 0.717) is 5.82 Å². The van der Waals surface area contributed by atoms with Crippen molar-refractivity contribution in [1.29, 1.82) is 0 Å². The van der Waals surface area contributed by atoms with Crippen molar-refractivity contribution in [2.75, 3.05) is 7.11 Å². The molecule has 0 spiro atoms. The maximum Gasteiger partial charge on any atom is 0.288 e. The van der Waals surface area contributed by atoms with Gasteiger partial charge in [0.25, 0.3) is 6.02 Å². The molecular formula is C9H17IN4O. The summed E-state index contributed by atoms with van der Waals surface area (Å²) >= 11 is 0. The van der Waals surface area contributed by atoms with Crippen LogP contribution in [0.4, 0.5) is 5.82 Å². The van der Waals surface area contributed by atoms with Crippen LogP contribution in [0.15, 0.2) is 11.1 Å². The van der Waals surface area contributed by atoms with Crippen LogP contribution in [0.5, 0.6) is 0 Å². The summed E-state index contributed by atoms with van der Waals surface area (Å²) in [5, 5.41) is 6.91. The predicted molar refractivity (Wildman–Crippen MR) is 71.0 cm³/mol. The van der Waals surface area contributed by atoms with Crippen molar-refractivity contribution in [3.8, 4) is 0 Å². The van der Waals surface area contributed by atoms with E-state index < -0.39 is 0 Å². The molecule has 1 aromatic heterocycles. The van der Waals surface area contributed by atoms with Crippen molar-refractivity contribution in [2.24, 2.45) is 10.7 Å². The van der Waals surface area contributed by atoms with E-state index in [1.54, 1.807) is 0 Å². The van der Waals surface area contributed by atoms with Gasteiger partial charge >= 0.3 is 0 Å². The molecule has 0 aliphatic rings. The lowest BCUT2D eigenvalue weighted by Gasteiger charge is -2.14.